The zero-order valence-electron chi connectivity index (χ0n) is 8.95. The molecule has 1 rings (SSSR count). The first kappa shape index (κ1) is 11.4. The van der Waals surface area contributed by atoms with Crippen LogP contribution in [0.1, 0.15) is 46.0 Å². The van der Waals surface area contributed by atoms with E-state index in [0.29, 0.717) is 5.57 Å². The lowest BCUT2D eigenvalue weighted by Gasteiger charge is -2.23. The topological polar surface area (TPSA) is 0 Å². The van der Waals surface area contributed by atoms with Gasteiger partial charge < -0.3 is 0 Å². The lowest BCUT2D eigenvalue weighted by molar-refractivity contribution is 0.389. The van der Waals surface area contributed by atoms with Gasteiger partial charge in [-0.2, -0.15) is 0 Å². The summed E-state index contributed by atoms with van der Waals surface area (Å²) in [6, 6.07) is 0. The third-order valence-corrected chi connectivity index (χ3v) is 2.91. The molecule has 1 aliphatic rings. The maximum atomic E-state index is 13.4. The van der Waals surface area contributed by atoms with Gasteiger partial charge in [-0.1, -0.05) is 25.3 Å². The van der Waals surface area contributed by atoms with E-state index in [1.54, 1.807) is 13.0 Å². The van der Waals surface area contributed by atoms with Gasteiger partial charge in [-0.25, -0.2) is 8.78 Å². The van der Waals surface area contributed by atoms with Gasteiger partial charge in [0.2, 0.25) is 0 Å². The van der Waals surface area contributed by atoms with E-state index in [0.717, 1.165) is 25.7 Å². The maximum Gasteiger partial charge on any atom is 0.157 e. The highest BCUT2D eigenvalue weighted by Gasteiger charge is 2.21. The van der Waals surface area contributed by atoms with Crippen LogP contribution in [-0.2, 0) is 0 Å². The molecule has 0 heterocycles. The Hall–Kier alpha value is -0.660. The Kier molecular flexibility index (Phi) is 4.30. The quantitative estimate of drug-likeness (QED) is 0.567. The second-order valence-corrected chi connectivity index (χ2v) is 3.93. The molecule has 0 nitrogen and oxygen atoms in total. The summed E-state index contributed by atoms with van der Waals surface area (Å²) in [5.74, 6) is -1.09. The van der Waals surface area contributed by atoms with Crippen LogP contribution in [0.15, 0.2) is 23.3 Å². The van der Waals surface area contributed by atoms with Crippen LogP contribution in [0.3, 0.4) is 0 Å². The fraction of sp³-hybridized carbons (Fsp3) is 0.667. The van der Waals surface area contributed by atoms with Crippen molar-refractivity contribution in [3.8, 4) is 0 Å². The van der Waals surface area contributed by atoms with Crippen LogP contribution in [0.2, 0.25) is 0 Å². The van der Waals surface area contributed by atoms with Crippen molar-refractivity contribution in [2.45, 2.75) is 46.0 Å². The molecule has 0 N–H and O–H groups in total. The van der Waals surface area contributed by atoms with E-state index in [9.17, 15) is 8.78 Å². The predicted molar refractivity (Wildman–Crippen MR) is 55.2 cm³/mol. The zero-order chi connectivity index (χ0) is 10.6. The van der Waals surface area contributed by atoms with E-state index in [4.69, 9.17) is 0 Å². The lowest BCUT2D eigenvalue weighted by atomic mass is 9.83. The second-order valence-electron chi connectivity index (χ2n) is 3.93. The molecule has 0 saturated heterocycles. The van der Waals surface area contributed by atoms with E-state index in [1.165, 1.54) is 13.3 Å². The summed E-state index contributed by atoms with van der Waals surface area (Å²) in [5.41, 5.74) is 0.574. The van der Waals surface area contributed by atoms with E-state index >= 15 is 0 Å². The molecule has 80 valence electrons. The van der Waals surface area contributed by atoms with Crippen molar-refractivity contribution in [1.82, 2.24) is 0 Å². The van der Waals surface area contributed by atoms with Crippen molar-refractivity contribution in [1.29, 1.82) is 0 Å². The summed E-state index contributed by atoms with van der Waals surface area (Å²) in [5, 5.41) is 0. The normalized spacial score (nSPS) is 22.1. The number of hydrogen-bond acceptors (Lipinski definition) is 0. The first-order valence-electron chi connectivity index (χ1n) is 5.35. The summed E-state index contributed by atoms with van der Waals surface area (Å²) in [6.07, 6.45) is 7.23. The van der Waals surface area contributed by atoms with Crippen molar-refractivity contribution in [3.05, 3.63) is 23.3 Å². The first-order valence-corrected chi connectivity index (χ1v) is 5.35. The number of hydrogen-bond donors (Lipinski definition) is 0. The third kappa shape index (κ3) is 2.66. The molecule has 1 saturated carbocycles. The molecule has 0 aromatic carbocycles. The van der Waals surface area contributed by atoms with Gasteiger partial charge in [-0.05, 0) is 38.2 Å². The minimum atomic E-state index is -0.691. The lowest BCUT2D eigenvalue weighted by Crippen LogP contribution is -2.10. The smallest absolute Gasteiger partial charge is 0.157 e. The molecular formula is C12H18F2. The van der Waals surface area contributed by atoms with E-state index in [1.807, 2.05) is 0 Å². The van der Waals surface area contributed by atoms with Crippen molar-refractivity contribution >= 4 is 0 Å². The Morgan fingerprint density at radius 1 is 1.14 bits per heavy atom. The van der Waals surface area contributed by atoms with Gasteiger partial charge in [-0.15, -0.1) is 0 Å². The van der Waals surface area contributed by atoms with Crippen LogP contribution >= 0.6 is 0 Å². The average Bonchev–Trinajstić information content (AvgIpc) is 2.20. The molecule has 14 heavy (non-hydrogen) atoms. The highest BCUT2D eigenvalue weighted by Crippen LogP contribution is 2.34. The number of halogens is 2. The predicted octanol–water partition coefficient (Wildman–Crippen LogP) is 4.68. The fourth-order valence-corrected chi connectivity index (χ4v) is 2.15. The van der Waals surface area contributed by atoms with Crippen molar-refractivity contribution in [3.63, 3.8) is 0 Å². The molecule has 1 aliphatic carbocycles. The molecule has 0 amide bonds. The van der Waals surface area contributed by atoms with Crippen LogP contribution in [0.4, 0.5) is 8.78 Å². The molecule has 0 radical (unpaired) electrons. The second kappa shape index (κ2) is 5.28. The minimum Gasteiger partial charge on any atom is -0.209 e. The Labute approximate surface area is 84.7 Å². The molecule has 0 aromatic heterocycles. The first-order chi connectivity index (χ1) is 6.66. The summed E-state index contributed by atoms with van der Waals surface area (Å²) in [7, 11) is 0. The summed E-state index contributed by atoms with van der Waals surface area (Å²) in [6.45, 7) is 2.97. The molecule has 0 aliphatic heterocycles. The molecule has 0 aromatic rings. The largest absolute Gasteiger partial charge is 0.209 e. The molecular weight excluding hydrogens is 182 g/mol. The molecule has 2 heteroatoms. The maximum absolute atomic E-state index is 13.4. The van der Waals surface area contributed by atoms with E-state index in [-0.39, 0.29) is 5.92 Å². The van der Waals surface area contributed by atoms with Gasteiger partial charge in [0.15, 0.2) is 5.83 Å². The molecule has 0 bridgehead atoms. The van der Waals surface area contributed by atoms with Gasteiger partial charge in [0.25, 0.3) is 0 Å². The highest BCUT2D eigenvalue weighted by atomic mass is 19.2. The van der Waals surface area contributed by atoms with Crippen LogP contribution in [0.5, 0.6) is 0 Å². The molecule has 0 atom stereocenters. The number of rotatable bonds is 2. The third-order valence-electron chi connectivity index (χ3n) is 2.91. The molecule has 1 fully saturated rings. The molecule has 0 spiro atoms. The van der Waals surface area contributed by atoms with Gasteiger partial charge in [-0.3, -0.25) is 0 Å². The van der Waals surface area contributed by atoms with Crippen LogP contribution in [0.25, 0.3) is 0 Å². The van der Waals surface area contributed by atoms with Crippen molar-refractivity contribution < 1.29 is 8.78 Å². The van der Waals surface area contributed by atoms with Crippen molar-refractivity contribution in [2.24, 2.45) is 5.92 Å². The van der Waals surface area contributed by atoms with Crippen LogP contribution in [-0.4, -0.2) is 0 Å². The van der Waals surface area contributed by atoms with Gasteiger partial charge in [0, 0.05) is 0 Å². The Morgan fingerprint density at radius 3 is 2.14 bits per heavy atom. The standard InChI is InChI=1S/C12H18F2/c1-3-11(12(14)9(2)13)10-7-5-4-6-8-10/h3,10H,4-8H2,1-2H3/b11-3-,12-9-. The SMILES string of the molecule is C/C=C(\C(F)=C(/C)F)C1CCCCC1. The molecule has 0 unspecified atom stereocenters. The number of allylic oxidation sites excluding steroid dienone is 4. The summed E-state index contributed by atoms with van der Waals surface area (Å²) in [4.78, 5) is 0. The van der Waals surface area contributed by atoms with Crippen molar-refractivity contribution in [2.75, 3.05) is 0 Å². The van der Waals surface area contributed by atoms with Crippen LogP contribution in [0, 0.1) is 5.92 Å². The van der Waals surface area contributed by atoms with E-state index in [2.05, 4.69) is 0 Å². The zero-order valence-corrected chi connectivity index (χ0v) is 8.95. The monoisotopic (exact) mass is 200 g/mol. The summed E-state index contributed by atoms with van der Waals surface area (Å²) < 4.78 is 26.2. The van der Waals surface area contributed by atoms with Gasteiger partial charge >= 0.3 is 0 Å². The Balaban J connectivity index is 2.76. The van der Waals surface area contributed by atoms with Gasteiger partial charge in [0.1, 0.15) is 5.83 Å². The summed E-state index contributed by atoms with van der Waals surface area (Å²) >= 11 is 0. The fourth-order valence-electron chi connectivity index (χ4n) is 2.15. The highest BCUT2D eigenvalue weighted by molar-refractivity contribution is 5.29. The minimum absolute atomic E-state index is 0.236. The van der Waals surface area contributed by atoms with Gasteiger partial charge in [0.05, 0.1) is 0 Å². The Morgan fingerprint density at radius 2 is 1.71 bits per heavy atom. The average molecular weight is 200 g/mol. The Bertz CT molecular complexity index is 241. The van der Waals surface area contributed by atoms with E-state index < -0.39 is 11.7 Å². The van der Waals surface area contributed by atoms with Crippen LogP contribution < -0.4 is 0 Å².